The minimum atomic E-state index is -0.560. The lowest BCUT2D eigenvalue weighted by atomic mass is 10.1. The van der Waals surface area contributed by atoms with Crippen molar-refractivity contribution in [3.63, 3.8) is 0 Å². The Labute approximate surface area is 166 Å². The van der Waals surface area contributed by atoms with Crippen molar-refractivity contribution < 1.29 is 19.0 Å². The summed E-state index contributed by atoms with van der Waals surface area (Å²) in [6.07, 6.45) is 0.138. The van der Waals surface area contributed by atoms with E-state index in [1.807, 2.05) is 56.1 Å². The number of carbonyl (C=O) groups excluding carboxylic acids is 1. The van der Waals surface area contributed by atoms with E-state index in [4.69, 9.17) is 26.4 Å². The second-order valence-electron chi connectivity index (χ2n) is 7.34. The molecule has 0 spiro atoms. The number of nitrogens with one attached hydrogen (secondary N) is 2. The van der Waals surface area contributed by atoms with Crippen LogP contribution in [0.1, 0.15) is 26.3 Å². The van der Waals surface area contributed by atoms with Crippen molar-refractivity contribution in [3.05, 3.63) is 35.9 Å². The van der Waals surface area contributed by atoms with Crippen LogP contribution >= 0.6 is 12.2 Å². The summed E-state index contributed by atoms with van der Waals surface area (Å²) in [5.74, 6) is 0. The Bertz CT molecular complexity index is 601. The minimum absolute atomic E-state index is 0.240. The molecule has 2 rings (SSSR count). The highest BCUT2D eigenvalue weighted by Crippen LogP contribution is 2.09. The maximum atomic E-state index is 12.2. The van der Waals surface area contributed by atoms with Crippen LogP contribution < -0.4 is 10.7 Å². The highest BCUT2D eigenvalue weighted by atomic mass is 32.1. The van der Waals surface area contributed by atoms with Gasteiger partial charge in [-0.3, -0.25) is 5.43 Å². The summed E-state index contributed by atoms with van der Waals surface area (Å²) in [6, 6.07) is 9.63. The number of ether oxygens (including phenoxy) is 3. The Hall–Kier alpha value is -1.90. The van der Waals surface area contributed by atoms with Crippen LogP contribution in [0.25, 0.3) is 0 Å². The molecule has 0 bridgehead atoms. The fraction of sp³-hybridized carbons (Fsp3) is 0.579. The van der Waals surface area contributed by atoms with Crippen LogP contribution in [0.2, 0.25) is 0 Å². The van der Waals surface area contributed by atoms with Crippen LogP contribution in [0.3, 0.4) is 0 Å². The van der Waals surface area contributed by atoms with Crippen molar-refractivity contribution in [1.29, 1.82) is 0 Å². The lowest BCUT2D eigenvalue weighted by Crippen LogP contribution is -2.49. The molecule has 1 aliphatic heterocycles. The van der Waals surface area contributed by atoms with E-state index in [0.29, 0.717) is 19.6 Å². The molecule has 0 radical (unpaired) electrons. The molecule has 1 atom stereocenters. The molecule has 1 aromatic rings. The summed E-state index contributed by atoms with van der Waals surface area (Å²) in [6.45, 7) is 8.54. The van der Waals surface area contributed by atoms with Gasteiger partial charge in [0.25, 0.3) is 5.17 Å². The first-order valence-corrected chi connectivity index (χ1v) is 9.52. The quantitative estimate of drug-likeness (QED) is 0.716. The molecule has 8 heteroatoms. The number of thiocarbonyl (C=S) groups is 1. The van der Waals surface area contributed by atoms with Gasteiger partial charge in [-0.1, -0.05) is 30.3 Å². The number of rotatable bonds is 6. The minimum Gasteiger partial charge on any atom is -0.468 e. The molecule has 27 heavy (non-hydrogen) atoms. The maximum Gasteiger partial charge on any atom is 0.408 e. The van der Waals surface area contributed by atoms with Crippen molar-refractivity contribution >= 4 is 23.5 Å². The number of hydrogen-bond acceptors (Lipinski definition) is 6. The molecular weight excluding hydrogens is 366 g/mol. The van der Waals surface area contributed by atoms with Gasteiger partial charge < -0.3 is 19.5 Å². The number of hydrogen-bond donors (Lipinski definition) is 2. The molecule has 7 nitrogen and oxygen atoms in total. The molecule has 1 saturated heterocycles. The van der Waals surface area contributed by atoms with Gasteiger partial charge in [-0.15, -0.1) is 0 Å². The van der Waals surface area contributed by atoms with Crippen LogP contribution in [-0.4, -0.2) is 60.8 Å². The van der Waals surface area contributed by atoms with Crippen molar-refractivity contribution in [2.45, 2.75) is 38.8 Å². The molecule has 2 N–H and O–H groups in total. The third kappa shape index (κ3) is 9.03. The first-order valence-electron chi connectivity index (χ1n) is 9.11. The molecule has 1 amide bonds. The fourth-order valence-electron chi connectivity index (χ4n) is 2.54. The number of hydrazine groups is 1. The highest BCUT2D eigenvalue weighted by molar-refractivity contribution is 7.80. The summed E-state index contributed by atoms with van der Waals surface area (Å²) in [5, 5.41) is 5.11. The first-order chi connectivity index (χ1) is 12.8. The van der Waals surface area contributed by atoms with Crippen molar-refractivity contribution in [1.82, 2.24) is 15.8 Å². The molecule has 1 aliphatic rings. The fourth-order valence-corrected chi connectivity index (χ4v) is 2.73. The lowest BCUT2D eigenvalue weighted by Gasteiger charge is -2.28. The van der Waals surface area contributed by atoms with Crippen molar-refractivity contribution in [2.75, 3.05) is 32.9 Å². The van der Waals surface area contributed by atoms with Gasteiger partial charge in [0.05, 0.1) is 19.3 Å². The van der Waals surface area contributed by atoms with Gasteiger partial charge in [0.1, 0.15) is 12.2 Å². The van der Waals surface area contributed by atoms with Gasteiger partial charge in [0.2, 0.25) is 0 Å². The average molecular weight is 396 g/mol. The molecule has 150 valence electrons. The van der Waals surface area contributed by atoms with E-state index in [9.17, 15) is 4.79 Å². The Morgan fingerprint density at radius 2 is 1.93 bits per heavy atom. The van der Waals surface area contributed by atoms with Gasteiger partial charge >= 0.3 is 6.09 Å². The highest BCUT2D eigenvalue weighted by Gasteiger charge is 2.21. The molecule has 0 saturated carbocycles. The zero-order chi connectivity index (χ0) is 19.7. The largest absolute Gasteiger partial charge is 0.468 e. The van der Waals surface area contributed by atoms with Gasteiger partial charge in [-0.05, 0) is 45.0 Å². The van der Waals surface area contributed by atoms with E-state index < -0.39 is 11.7 Å². The molecule has 0 aromatic heterocycles. The Kier molecular flexibility index (Phi) is 8.27. The van der Waals surface area contributed by atoms with Gasteiger partial charge in [0, 0.05) is 13.1 Å². The monoisotopic (exact) mass is 395 g/mol. The number of morpholine rings is 1. The third-order valence-corrected chi connectivity index (χ3v) is 3.93. The Morgan fingerprint density at radius 3 is 2.56 bits per heavy atom. The lowest BCUT2D eigenvalue weighted by molar-refractivity contribution is 0.0202. The summed E-state index contributed by atoms with van der Waals surface area (Å²) >= 11 is 5.26. The van der Waals surface area contributed by atoms with Crippen LogP contribution in [0, 0.1) is 0 Å². The number of carbonyl (C=O) groups is 1. The molecule has 0 unspecified atom stereocenters. The maximum absolute atomic E-state index is 12.2. The van der Waals surface area contributed by atoms with Crippen LogP contribution in [0.4, 0.5) is 4.79 Å². The number of amides is 1. The van der Waals surface area contributed by atoms with E-state index >= 15 is 0 Å². The predicted octanol–water partition coefficient (Wildman–Crippen LogP) is 2.26. The van der Waals surface area contributed by atoms with Gasteiger partial charge in [-0.2, -0.15) is 0 Å². The zero-order valence-electron chi connectivity index (χ0n) is 16.2. The Morgan fingerprint density at radius 1 is 1.26 bits per heavy atom. The van der Waals surface area contributed by atoms with Crippen LogP contribution in [0.5, 0.6) is 0 Å². The normalized spacial score (nSPS) is 16.3. The van der Waals surface area contributed by atoms with E-state index in [-0.39, 0.29) is 17.8 Å². The number of alkyl carbamates (subject to hydrolysis) is 1. The third-order valence-electron chi connectivity index (χ3n) is 3.72. The SMILES string of the molecule is CC(C)(C)OC(=O)N[C@@H](COC(=S)NN1CCOCC1)Cc1ccccc1. The molecule has 1 heterocycles. The van der Waals surface area contributed by atoms with Crippen molar-refractivity contribution in [3.8, 4) is 0 Å². The van der Waals surface area contributed by atoms with Gasteiger partial charge in [0.15, 0.2) is 0 Å². The standard InChI is InChI=1S/C19H29N3O4S/c1-19(2,3)26-17(23)20-16(13-15-7-5-4-6-8-15)14-25-18(27)21-22-9-11-24-12-10-22/h4-8,16H,9-14H2,1-3H3,(H,20,23)(H,21,27)/t16-/m1/s1. The second-order valence-corrected chi connectivity index (χ2v) is 7.71. The van der Waals surface area contributed by atoms with E-state index in [2.05, 4.69) is 10.7 Å². The molecule has 1 aromatic carbocycles. The van der Waals surface area contributed by atoms with E-state index in [1.165, 1.54) is 0 Å². The topological polar surface area (TPSA) is 72.1 Å². The smallest absolute Gasteiger partial charge is 0.408 e. The molecule has 1 fully saturated rings. The second kappa shape index (κ2) is 10.4. The summed E-state index contributed by atoms with van der Waals surface area (Å²) < 4.78 is 16.3. The number of nitrogens with zero attached hydrogens (tertiary/aromatic N) is 1. The van der Waals surface area contributed by atoms with E-state index in [1.54, 1.807) is 0 Å². The number of benzene rings is 1. The van der Waals surface area contributed by atoms with Crippen LogP contribution in [0.15, 0.2) is 30.3 Å². The average Bonchev–Trinajstić information content (AvgIpc) is 2.60. The van der Waals surface area contributed by atoms with Crippen molar-refractivity contribution in [2.24, 2.45) is 0 Å². The van der Waals surface area contributed by atoms with Crippen LogP contribution in [-0.2, 0) is 20.6 Å². The predicted molar refractivity (Wildman–Crippen MR) is 107 cm³/mol. The molecular formula is C19H29N3O4S. The van der Waals surface area contributed by atoms with Gasteiger partial charge in [-0.25, -0.2) is 9.80 Å². The first kappa shape index (κ1) is 21.4. The van der Waals surface area contributed by atoms with E-state index in [0.717, 1.165) is 18.7 Å². The summed E-state index contributed by atoms with van der Waals surface area (Å²) in [5.41, 5.74) is 3.58. The Balaban J connectivity index is 1.88. The summed E-state index contributed by atoms with van der Waals surface area (Å²) in [7, 11) is 0. The summed E-state index contributed by atoms with van der Waals surface area (Å²) in [4.78, 5) is 12.2. The molecule has 0 aliphatic carbocycles. The zero-order valence-corrected chi connectivity index (χ0v) is 17.0.